The molecule has 0 aromatic heterocycles. The summed E-state index contributed by atoms with van der Waals surface area (Å²) in [5, 5.41) is 6.77. The van der Waals surface area contributed by atoms with E-state index in [4.69, 9.17) is 0 Å². The Bertz CT molecular complexity index is 416. The SMILES string of the molecule is c1ccc2c(c1)SCC[C@@H]2NC1=NCCN1. The van der Waals surface area contributed by atoms with Crippen LogP contribution < -0.4 is 10.6 Å². The number of hydrogen-bond acceptors (Lipinski definition) is 4. The van der Waals surface area contributed by atoms with Crippen LogP contribution in [0.4, 0.5) is 0 Å². The fraction of sp³-hybridized carbons (Fsp3) is 0.417. The highest BCUT2D eigenvalue weighted by Crippen LogP contribution is 2.35. The maximum absolute atomic E-state index is 4.39. The van der Waals surface area contributed by atoms with E-state index in [0.717, 1.165) is 19.0 Å². The summed E-state index contributed by atoms with van der Waals surface area (Å²) < 4.78 is 0. The van der Waals surface area contributed by atoms with Crippen molar-refractivity contribution in [2.75, 3.05) is 18.8 Å². The lowest BCUT2D eigenvalue weighted by molar-refractivity contribution is 0.603. The van der Waals surface area contributed by atoms with Crippen molar-refractivity contribution >= 4 is 17.7 Å². The van der Waals surface area contributed by atoms with Gasteiger partial charge in [-0.25, -0.2) is 0 Å². The van der Waals surface area contributed by atoms with Crippen LogP contribution in [0, 0.1) is 0 Å². The fourth-order valence-electron chi connectivity index (χ4n) is 2.15. The lowest BCUT2D eigenvalue weighted by Crippen LogP contribution is -2.37. The highest BCUT2D eigenvalue weighted by Gasteiger charge is 2.21. The summed E-state index contributed by atoms with van der Waals surface area (Å²) in [6, 6.07) is 9.07. The van der Waals surface area contributed by atoms with E-state index in [2.05, 4.69) is 39.9 Å². The molecule has 16 heavy (non-hydrogen) atoms. The molecule has 1 aromatic rings. The molecule has 4 heteroatoms. The maximum atomic E-state index is 4.39. The number of fused-ring (bicyclic) bond motifs is 1. The first-order chi connectivity index (χ1) is 7.93. The van der Waals surface area contributed by atoms with Gasteiger partial charge in [-0.1, -0.05) is 18.2 Å². The number of nitrogens with zero attached hydrogens (tertiary/aromatic N) is 1. The van der Waals surface area contributed by atoms with Gasteiger partial charge in [0.1, 0.15) is 0 Å². The van der Waals surface area contributed by atoms with Crippen LogP contribution in [0.3, 0.4) is 0 Å². The molecule has 2 aliphatic heterocycles. The van der Waals surface area contributed by atoms with Crippen LogP contribution in [0.5, 0.6) is 0 Å². The molecule has 84 valence electrons. The minimum atomic E-state index is 0.418. The Hall–Kier alpha value is -1.16. The van der Waals surface area contributed by atoms with E-state index in [0.29, 0.717) is 6.04 Å². The van der Waals surface area contributed by atoms with Crippen LogP contribution in [0.2, 0.25) is 0 Å². The van der Waals surface area contributed by atoms with Crippen molar-refractivity contribution in [3.05, 3.63) is 29.8 Å². The first-order valence-electron chi connectivity index (χ1n) is 5.70. The zero-order valence-corrected chi connectivity index (χ0v) is 9.89. The molecule has 0 saturated heterocycles. The second-order valence-electron chi connectivity index (χ2n) is 4.03. The fourth-order valence-corrected chi connectivity index (χ4v) is 3.28. The van der Waals surface area contributed by atoms with E-state index in [9.17, 15) is 0 Å². The highest BCUT2D eigenvalue weighted by molar-refractivity contribution is 7.99. The molecule has 0 aliphatic carbocycles. The molecule has 0 bridgehead atoms. The van der Waals surface area contributed by atoms with Gasteiger partial charge in [0.25, 0.3) is 0 Å². The highest BCUT2D eigenvalue weighted by atomic mass is 32.2. The van der Waals surface area contributed by atoms with Crippen LogP contribution in [-0.2, 0) is 0 Å². The Morgan fingerprint density at radius 3 is 3.19 bits per heavy atom. The molecule has 3 nitrogen and oxygen atoms in total. The standard InChI is InChI=1S/C12H15N3S/c1-2-4-11-9(3-1)10(5-8-16-11)15-12-13-6-7-14-12/h1-4,10H,5-8H2,(H2,13,14,15)/t10-/m0/s1. The number of guanidine groups is 1. The van der Waals surface area contributed by atoms with Gasteiger partial charge in [-0.2, -0.15) is 0 Å². The summed E-state index contributed by atoms with van der Waals surface area (Å²) in [4.78, 5) is 5.80. The van der Waals surface area contributed by atoms with Gasteiger partial charge in [-0.15, -0.1) is 11.8 Å². The van der Waals surface area contributed by atoms with Crippen molar-refractivity contribution in [3.8, 4) is 0 Å². The molecular formula is C12H15N3S. The van der Waals surface area contributed by atoms with Gasteiger partial charge in [0.15, 0.2) is 5.96 Å². The molecule has 0 amide bonds. The smallest absolute Gasteiger partial charge is 0.191 e. The summed E-state index contributed by atoms with van der Waals surface area (Å²) in [6.45, 7) is 1.86. The predicted octanol–water partition coefficient (Wildman–Crippen LogP) is 1.77. The summed E-state index contributed by atoms with van der Waals surface area (Å²) in [6.07, 6.45) is 1.17. The summed E-state index contributed by atoms with van der Waals surface area (Å²) in [5.41, 5.74) is 1.41. The van der Waals surface area contributed by atoms with Crippen LogP contribution >= 0.6 is 11.8 Å². The van der Waals surface area contributed by atoms with Gasteiger partial charge in [-0.3, -0.25) is 4.99 Å². The van der Waals surface area contributed by atoms with Gasteiger partial charge in [0.05, 0.1) is 12.6 Å². The lowest BCUT2D eigenvalue weighted by atomic mass is 10.0. The number of aliphatic imine (C=N–C) groups is 1. The Balaban J connectivity index is 1.81. The first kappa shape index (κ1) is 10.0. The number of thioether (sulfide) groups is 1. The third-order valence-electron chi connectivity index (χ3n) is 2.94. The minimum absolute atomic E-state index is 0.418. The molecular weight excluding hydrogens is 218 g/mol. The van der Waals surface area contributed by atoms with Gasteiger partial charge in [-0.05, 0) is 18.1 Å². The van der Waals surface area contributed by atoms with Crippen LogP contribution in [0.25, 0.3) is 0 Å². The quantitative estimate of drug-likeness (QED) is 0.776. The number of benzene rings is 1. The summed E-state index contributed by atoms with van der Waals surface area (Å²) >= 11 is 1.95. The maximum Gasteiger partial charge on any atom is 0.191 e. The van der Waals surface area contributed by atoms with E-state index in [1.807, 2.05) is 11.8 Å². The molecule has 0 fully saturated rings. The van der Waals surface area contributed by atoms with E-state index in [1.54, 1.807) is 0 Å². The minimum Gasteiger partial charge on any atom is -0.355 e. The average Bonchev–Trinajstić information content (AvgIpc) is 2.82. The normalized spacial score (nSPS) is 23.2. The van der Waals surface area contributed by atoms with Gasteiger partial charge in [0, 0.05) is 17.2 Å². The predicted molar refractivity (Wildman–Crippen MR) is 68.0 cm³/mol. The number of nitrogens with one attached hydrogen (secondary N) is 2. The van der Waals surface area contributed by atoms with Crippen molar-refractivity contribution in [1.82, 2.24) is 10.6 Å². The zero-order chi connectivity index (χ0) is 10.8. The largest absolute Gasteiger partial charge is 0.355 e. The molecule has 1 aromatic carbocycles. The second kappa shape index (κ2) is 4.37. The monoisotopic (exact) mass is 233 g/mol. The van der Waals surface area contributed by atoms with Crippen molar-refractivity contribution in [1.29, 1.82) is 0 Å². The van der Waals surface area contributed by atoms with E-state index >= 15 is 0 Å². The van der Waals surface area contributed by atoms with Gasteiger partial charge < -0.3 is 10.6 Å². The van der Waals surface area contributed by atoms with E-state index < -0.39 is 0 Å². The van der Waals surface area contributed by atoms with Crippen LogP contribution in [0.15, 0.2) is 34.2 Å². The number of rotatable bonds is 1. The lowest BCUT2D eigenvalue weighted by Gasteiger charge is -2.26. The molecule has 2 N–H and O–H groups in total. The van der Waals surface area contributed by atoms with E-state index in [-0.39, 0.29) is 0 Å². The molecule has 3 rings (SSSR count). The third-order valence-corrected chi connectivity index (χ3v) is 4.07. The zero-order valence-electron chi connectivity index (χ0n) is 9.07. The molecule has 0 radical (unpaired) electrons. The molecule has 2 heterocycles. The van der Waals surface area contributed by atoms with Crippen molar-refractivity contribution in [3.63, 3.8) is 0 Å². The first-order valence-corrected chi connectivity index (χ1v) is 6.68. The number of hydrogen-bond donors (Lipinski definition) is 2. The molecule has 1 atom stereocenters. The Kier molecular flexibility index (Phi) is 2.74. The third kappa shape index (κ3) is 1.89. The summed E-state index contributed by atoms with van der Waals surface area (Å²) in [7, 11) is 0. The Morgan fingerprint density at radius 1 is 1.38 bits per heavy atom. The molecule has 2 aliphatic rings. The molecule has 0 spiro atoms. The Morgan fingerprint density at radius 2 is 2.31 bits per heavy atom. The van der Waals surface area contributed by atoms with Crippen molar-refractivity contribution < 1.29 is 0 Å². The van der Waals surface area contributed by atoms with E-state index in [1.165, 1.54) is 22.6 Å². The summed E-state index contributed by atoms with van der Waals surface area (Å²) in [5.74, 6) is 2.15. The van der Waals surface area contributed by atoms with Crippen molar-refractivity contribution in [2.45, 2.75) is 17.4 Å². The van der Waals surface area contributed by atoms with Crippen molar-refractivity contribution in [2.24, 2.45) is 4.99 Å². The van der Waals surface area contributed by atoms with Gasteiger partial charge >= 0.3 is 0 Å². The molecule has 0 unspecified atom stereocenters. The second-order valence-corrected chi connectivity index (χ2v) is 5.17. The molecule has 0 saturated carbocycles. The Labute approximate surface area is 99.7 Å². The average molecular weight is 233 g/mol. The van der Waals surface area contributed by atoms with Crippen LogP contribution in [0.1, 0.15) is 18.0 Å². The van der Waals surface area contributed by atoms with Crippen LogP contribution in [-0.4, -0.2) is 24.8 Å². The topological polar surface area (TPSA) is 36.4 Å². The van der Waals surface area contributed by atoms with Gasteiger partial charge in [0.2, 0.25) is 0 Å².